The standard InChI is InChI=1S/C10H9ClF3N3O/c1-5-3-7(16-18-5)4-17-6(2)8(11)9(15-17)10(12,13)14/h3H,4H2,1-2H3. The van der Waals surface area contributed by atoms with Crippen molar-refractivity contribution in [3.05, 3.63) is 33.9 Å². The smallest absolute Gasteiger partial charge is 0.361 e. The van der Waals surface area contributed by atoms with Crippen molar-refractivity contribution in [1.29, 1.82) is 0 Å². The zero-order valence-corrected chi connectivity index (χ0v) is 10.3. The number of hydrogen-bond donors (Lipinski definition) is 0. The Labute approximate surface area is 105 Å². The van der Waals surface area contributed by atoms with Crippen molar-refractivity contribution < 1.29 is 17.7 Å². The van der Waals surface area contributed by atoms with Crippen LogP contribution in [0.15, 0.2) is 10.6 Å². The van der Waals surface area contributed by atoms with Gasteiger partial charge in [-0.1, -0.05) is 16.8 Å². The van der Waals surface area contributed by atoms with Gasteiger partial charge in [-0.3, -0.25) is 4.68 Å². The van der Waals surface area contributed by atoms with Crippen LogP contribution in [-0.2, 0) is 12.7 Å². The molecule has 98 valence electrons. The topological polar surface area (TPSA) is 43.9 Å². The second kappa shape index (κ2) is 4.31. The zero-order chi connectivity index (χ0) is 13.5. The summed E-state index contributed by atoms with van der Waals surface area (Å²) in [6, 6.07) is 1.63. The molecular weight excluding hydrogens is 271 g/mol. The molecule has 0 amide bonds. The molecule has 2 aromatic heterocycles. The second-order valence-corrected chi connectivity index (χ2v) is 4.21. The Kier molecular flexibility index (Phi) is 3.10. The van der Waals surface area contributed by atoms with Gasteiger partial charge in [0, 0.05) is 6.07 Å². The van der Waals surface area contributed by atoms with Crippen molar-refractivity contribution in [2.45, 2.75) is 26.6 Å². The van der Waals surface area contributed by atoms with Crippen LogP contribution in [0.1, 0.15) is 22.8 Å². The Morgan fingerprint density at radius 2 is 2.06 bits per heavy atom. The van der Waals surface area contributed by atoms with Gasteiger partial charge < -0.3 is 4.52 Å². The van der Waals surface area contributed by atoms with Crippen molar-refractivity contribution in [3.8, 4) is 0 Å². The molecule has 0 aliphatic carbocycles. The average molecular weight is 280 g/mol. The summed E-state index contributed by atoms with van der Waals surface area (Å²) in [5, 5.41) is 6.77. The van der Waals surface area contributed by atoms with E-state index in [-0.39, 0.29) is 17.3 Å². The van der Waals surface area contributed by atoms with Crippen LogP contribution < -0.4 is 0 Å². The number of hydrogen-bond acceptors (Lipinski definition) is 3. The molecule has 0 atom stereocenters. The predicted octanol–water partition coefficient (Wildman–Crippen LogP) is 3.21. The van der Waals surface area contributed by atoms with Gasteiger partial charge in [0.2, 0.25) is 0 Å². The Bertz CT molecular complexity index is 573. The molecule has 0 aliphatic heterocycles. The summed E-state index contributed by atoms with van der Waals surface area (Å²) in [5.74, 6) is 0.581. The van der Waals surface area contributed by atoms with Gasteiger partial charge in [0.05, 0.1) is 17.3 Å². The van der Waals surface area contributed by atoms with E-state index in [1.807, 2.05) is 0 Å². The number of aromatic nitrogens is 3. The minimum absolute atomic E-state index is 0.0823. The van der Waals surface area contributed by atoms with Gasteiger partial charge in [0.15, 0.2) is 5.69 Å². The molecule has 0 radical (unpaired) electrons. The molecule has 8 heteroatoms. The van der Waals surface area contributed by atoms with E-state index in [1.165, 1.54) is 6.92 Å². The van der Waals surface area contributed by atoms with Gasteiger partial charge in [-0.05, 0) is 13.8 Å². The van der Waals surface area contributed by atoms with Crippen LogP contribution in [-0.4, -0.2) is 14.9 Å². The maximum absolute atomic E-state index is 12.6. The van der Waals surface area contributed by atoms with Gasteiger partial charge in [0.25, 0.3) is 0 Å². The van der Waals surface area contributed by atoms with Crippen LogP contribution in [0.25, 0.3) is 0 Å². The zero-order valence-electron chi connectivity index (χ0n) is 9.55. The van der Waals surface area contributed by atoms with Gasteiger partial charge in [-0.25, -0.2) is 0 Å². The Morgan fingerprint density at radius 3 is 2.50 bits per heavy atom. The van der Waals surface area contributed by atoms with Gasteiger partial charge >= 0.3 is 6.18 Å². The summed E-state index contributed by atoms with van der Waals surface area (Å²) in [6.07, 6.45) is -4.56. The highest BCUT2D eigenvalue weighted by molar-refractivity contribution is 6.31. The molecule has 18 heavy (non-hydrogen) atoms. The third-order valence-corrected chi connectivity index (χ3v) is 2.84. The molecule has 4 nitrogen and oxygen atoms in total. The SMILES string of the molecule is Cc1cc(Cn2nc(C(F)(F)F)c(Cl)c2C)no1. The van der Waals surface area contributed by atoms with Crippen molar-refractivity contribution >= 4 is 11.6 Å². The van der Waals surface area contributed by atoms with Crippen molar-refractivity contribution in [3.63, 3.8) is 0 Å². The number of halogens is 4. The summed E-state index contributed by atoms with van der Waals surface area (Å²) in [5.41, 5.74) is -0.352. The van der Waals surface area contributed by atoms with E-state index in [1.54, 1.807) is 13.0 Å². The first-order valence-electron chi connectivity index (χ1n) is 5.01. The first kappa shape index (κ1) is 12.9. The fraction of sp³-hybridized carbons (Fsp3) is 0.400. The van der Waals surface area contributed by atoms with Crippen LogP contribution in [0.2, 0.25) is 5.02 Å². The van der Waals surface area contributed by atoms with Crippen LogP contribution >= 0.6 is 11.6 Å². The highest BCUT2D eigenvalue weighted by atomic mass is 35.5. The van der Waals surface area contributed by atoms with E-state index in [2.05, 4.69) is 10.3 Å². The van der Waals surface area contributed by atoms with Crippen LogP contribution in [0.4, 0.5) is 13.2 Å². The van der Waals surface area contributed by atoms with Gasteiger partial charge in [-0.15, -0.1) is 0 Å². The quantitative estimate of drug-likeness (QED) is 0.848. The molecule has 0 fully saturated rings. The molecule has 0 unspecified atom stereocenters. The van der Waals surface area contributed by atoms with E-state index in [9.17, 15) is 13.2 Å². The third kappa shape index (κ3) is 2.35. The highest BCUT2D eigenvalue weighted by Crippen LogP contribution is 2.35. The molecule has 0 saturated carbocycles. The van der Waals surface area contributed by atoms with Crippen LogP contribution in [0.3, 0.4) is 0 Å². The third-order valence-electron chi connectivity index (χ3n) is 2.39. The second-order valence-electron chi connectivity index (χ2n) is 3.83. The lowest BCUT2D eigenvalue weighted by atomic mass is 10.3. The summed E-state index contributed by atoms with van der Waals surface area (Å²) in [6.45, 7) is 3.25. The lowest BCUT2D eigenvalue weighted by Gasteiger charge is -2.01. The van der Waals surface area contributed by atoms with Crippen LogP contribution in [0.5, 0.6) is 0 Å². The molecule has 2 aromatic rings. The molecule has 0 aliphatic rings. The predicted molar refractivity (Wildman–Crippen MR) is 57.3 cm³/mol. The summed E-state index contributed by atoms with van der Waals surface area (Å²) < 4.78 is 43.8. The summed E-state index contributed by atoms with van der Waals surface area (Å²) >= 11 is 5.62. The van der Waals surface area contributed by atoms with Crippen molar-refractivity contribution in [2.75, 3.05) is 0 Å². The van der Waals surface area contributed by atoms with Crippen LogP contribution in [0, 0.1) is 13.8 Å². The molecule has 0 saturated heterocycles. The fourth-order valence-electron chi connectivity index (χ4n) is 1.51. The largest absolute Gasteiger partial charge is 0.436 e. The molecule has 0 aromatic carbocycles. The Morgan fingerprint density at radius 1 is 1.39 bits per heavy atom. The fourth-order valence-corrected chi connectivity index (χ4v) is 1.75. The Balaban J connectivity index is 2.35. The number of nitrogens with zero attached hydrogens (tertiary/aromatic N) is 3. The normalized spacial score (nSPS) is 12.1. The van der Waals surface area contributed by atoms with Gasteiger partial charge in [0.1, 0.15) is 11.5 Å². The van der Waals surface area contributed by atoms with Crippen molar-refractivity contribution in [2.24, 2.45) is 0 Å². The lowest BCUT2D eigenvalue weighted by molar-refractivity contribution is -0.141. The average Bonchev–Trinajstić information content (AvgIpc) is 2.76. The number of alkyl halides is 3. The maximum atomic E-state index is 12.6. The summed E-state index contributed by atoms with van der Waals surface area (Å²) in [7, 11) is 0. The molecule has 2 rings (SSSR count). The number of rotatable bonds is 2. The molecule has 0 bridgehead atoms. The van der Waals surface area contributed by atoms with E-state index >= 15 is 0 Å². The molecule has 0 N–H and O–H groups in total. The van der Waals surface area contributed by atoms with E-state index in [4.69, 9.17) is 16.1 Å². The number of aryl methyl sites for hydroxylation is 1. The minimum atomic E-state index is -4.56. The minimum Gasteiger partial charge on any atom is -0.361 e. The van der Waals surface area contributed by atoms with Crippen molar-refractivity contribution in [1.82, 2.24) is 14.9 Å². The molecular formula is C10H9ClF3N3O. The maximum Gasteiger partial charge on any atom is 0.436 e. The van der Waals surface area contributed by atoms with E-state index in [0.29, 0.717) is 11.5 Å². The lowest BCUT2D eigenvalue weighted by Crippen LogP contribution is -2.09. The Hall–Kier alpha value is -1.50. The highest BCUT2D eigenvalue weighted by Gasteiger charge is 2.38. The summed E-state index contributed by atoms with van der Waals surface area (Å²) in [4.78, 5) is 0. The van der Waals surface area contributed by atoms with E-state index < -0.39 is 11.9 Å². The van der Waals surface area contributed by atoms with Gasteiger partial charge in [-0.2, -0.15) is 18.3 Å². The first-order valence-corrected chi connectivity index (χ1v) is 5.39. The molecule has 2 heterocycles. The molecule has 0 spiro atoms. The first-order chi connectivity index (χ1) is 8.29. The van der Waals surface area contributed by atoms with E-state index in [0.717, 1.165) is 4.68 Å². The monoisotopic (exact) mass is 279 g/mol.